The van der Waals surface area contributed by atoms with E-state index in [9.17, 15) is 4.79 Å². The maximum absolute atomic E-state index is 12.6. The molecule has 1 saturated heterocycles. The quantitative estimate of drug-likeness (QED) is 0.824. The average molecular weight is 360 g/mol. The summed E-state index contributed by atoms with van der Waals surface area (Å²) in [6.45, 7) is 3.79. The Hall–Kier alpha value is -0.970. The van der Waals surface area contributed by atoms with Crippen LogP contribution in [0.2, 0.25) is 0 Å². The summed E-state index contributed by atoms with van der Waals surface area (Å²) in [6, 6.07) is 8.14. The average Bonchev–Trinajstić information content (AvgIpc) is 2.92. The molecule has 0 aromatic heterocycles. The number of para-hydroxylation sites is 1. The molecule has 3 rings (SSSR count). The van der Waals surface area contributed by atoms with Crippen LogP contribution in [0.3, 0.4) is 0 Å². The summed E-state index contributed by atoms with van der Waals surface area (Å²) >= 11 is 0. The summed E-state index contributed by atoms with van der Waals surface area (Å²) in [5.74, 6) is 0.0846. The number of nitrogens with zero attached hydrogens (tertiary/aromatic N) is 2. The molecule has 6 heteroatoms. The number of carbonyl (C=O) groups is 1. The Kier molecular flexibility index (Phi) is 8.17. The maximum Gasteiger partial charge on any atom is 0.255 e. The molecule has 130 valence electrons. The molecule has 0 atom stereocenters. The van der Waals surface area contributed by atoms with Gasteiger partial charge in [-0.3, -0.25) is 9.69 Å². The normalized spacial score (nSPS) is 19.6. The van der Waals surface area contributed by atoms with E-state index in [1.54, 1.807) is 6.07 Å². The van der Waals surface area contributed by atoms with Gasteiger partial charge in [0.15, 0.2) is 0 Å². The number of hydrogen-bond donors (Lipinski definition) is 1. The van der Waals surface area contributed by atoms with Gasteiger partial charge in [0.25, 0.3) is 5.91 Å². The van der Waals surface area contributed by atoms with Crippen molar-refractivity contribution in [3.8, 4) is 0 Å². The number of anilines is 1. The van der Waals surface area contributed by atoms with E-state index < -0.39 is 0 Å². The molecular formula is C17H27Cl2N3O. The summed E-state index contributed by atoms with van der Waals surface area (Å²) in [6.07, 6.45) is 6.46. The second-order valence-corrected chi connectivity index (χ2v) is 6.21. The molecule has 1 aromatic carbocycles. The van der Waals surface area contributed by atoms with E-state index in [1.165, 1.54) is 25.7 Å². The van der Waals surface area contributed by atoms with Gasteiger partial charge in [-0.15, -0.1) is 24.8 Å². The molecule has 0 unspecified atom stereocenters. The van der Waals surface area contributed by atoms with Gasteiger partial charge >= 0.3 is 0 Å². The van der Waals surface area contributed by atoms with Gasteiger partial charge in [0.1, 0.15) is 0 Å². The lowest BCUT2D eigenvalue weighted by Crippen LogP contribution is -2.38. The number of carbonyl (C=O) groups excluding carboxylic acids is 1. The van der Waals surface area contributed by atoms with Crippen molar-refractivity contribution in [2.45, 2.75) is 38.1 Å². The highest BCUT2D eigenvalue weighted by atomic mass is 35.5. The standard InChI is InChI=1S/C17H25N3O.2ClH/c18-16-9-4-3-8-15(16)17(21)20-11-5-10-19(12-13-20)14-6-1-2-7-14;;/h3-4,8-9,14H,1-2,5-7,10-13,18H2;2*1H. The first kappa shape index (κ1) is 20.1. The molecule has 2 aliphatic rings. The number of rotatable bonds is 2. The molecule has 1 amide bonds. The van der Waals surface area contributed by atoms with Crippen molar-refractivity contribution in [3.63, 3.8) is 0 Å². The molecule has 4 nitrogen and oxygen atoms in total. The van der Waals surface area contributed by atoms with E-state index in [0.29, 0.717) is 11.3 Å². The number of halogens is 2. The first-order valence-electron chi connectivity index (χ1n) is 8.13. The predicted molar refractivity (Wildman–Crippen MR) is 99.7 cm³/mol. The van der Waals surface area contributed by atoms with Crippen molar-refractivity contribution in [1.29, 1.82) is 0 Å². The SMILES string of the molecule is Cl.Cl.Nc1ccccc1C(=O)N1CCCN(C2CCCC2)CC1. The molecule has 0 spiro atoms. The van der Waals surface area contributed by atoms with Gasteiger partial charge in [0.2, 0.25) is 0 Å². The fourth-order valence-corrected chi connectivity index (χ4v) is 3.64. The van der Waals surface area contributed by atoms with E-state index in [4.69, 9.17) is 5.73 Å². The lowest BCUT2D eigenvalue weighted by Gasteiger charge is -2.27. The van der Waals surface area contributed by atoms with Crippen LogP contribution in [0.1, 0.15) is 42.5 Å². The lowest BCUT2D eigenvalue weighted by molar-refractivity contribution is 0.0759. The van der Waals surface area contributed by atoms with E-state index in [-0.39, 0.29) is 30.7 Å². The van der Waals surface area contributed by atoms with Crippen LogP contribution < -0.4 is 5.73 Å². The number of nitrogen functional groups attached to an aromatic ring is 1. The van der Waals surface area contributed by atoms with Crippen molar-refractivity contribution in [2.75, 3.05) is 31.9 Å². The zero-order valence-electron chi connectivity index (χ0n) is 13.4. The van der Waals surface area contributed by atoms with E-state index in [1.807, 2.05) is 23.1 Å². The molecule has 1 saturated carbocycles. The van der Waals surface area contributed by atoms with Crippen LogP contribution in [0.5, 0.6) is 0 Å². The minimum atomic E-state index is 0. The topological polar surface area (TPSA) is 49.6 Å². The Morgan fingerprint density at radius 2 is 1.65 bits per heavy atom. The molecule has 1 aromatic rings. The second-order valence-electron chi connectivity index (χ2n) is 6.21. The first-order chi connectivity index (χ1) is 10.3. The molecule has 0 bridgehead atoms. The van der Waals surface area contributed by atoms with Crippen LogP contribution in [-0.4, -0.2) is 47.9 Å². The minimum absolute atomic E-state index is 0. The van der Waals surface area contributed by atoms with Crippen LogP contribution in [0.25, 0.3) is 0 Å². The third-order valence-electron chi connectivity index (χ3n) is 4.85. The fourth-order valence-electron chi connectivity index (χ4n) is 3.64. The molecule has 23 heavy (non-hydrogen) atoms. The molecule has 0 radical (unpaired) electrons. The van der Waals surface area contributed by atoms with Gasteiger partial charge in [-0.25, -0.2) is 0 Å². The largest absolute Gasteiger partial charge is 0.398 e. The molecule has 1 heterocycles. The van der Waals surface area contributed by atoms with E-state index in [0.717, 1.165) is 38.6 Å². The number of benzene rings is 1. The van der Waals surface area contributed by atoms with E-state index in [2.05, 4.69) is 4.90 Å². The van der Waals surface area contributed by atoms with Crippen LogP contribution in [0.15, 0.2) is 24.3 Å². The Morgan fingerprint density at radius 3 is 2.35 bits per heavy atom. The van der Waals surface area contributed by atoms with Gasteiger partial charge in [-0.05, 0) is 31.4 Å². The van der Waals surface area contributed by atoms with Gasteiger partial charge in [0.05, 0.1) is 5.56 Å². The molecule has 1 aliphatic heterocycles. The summed E-state index contributed by atoms with van der Waals surface area (Å²) in [5.41, 5.74) is 7.16. The van der Waals surface area contributed by atoms with E-state index >= 15 is 0 Å². The highest BCUT2D eigenvalue weighted by Gasteiger charge is 2.26. The van der Waals surface area contributed by atoms with Crippen molar-refractivity contribution in [3.05, 3.63) is 29.8 Å². The Labute approximate surface area is 151 Å². The smallest absolute Gasteiger partial charge is 0.255 e. The van der Waals surface area contributed by atoms with Gasteiger partial charge in [-0.2, -0.15) is 0 Å². The van der Waals surface area contributed by atoms with Crippen LogP contribution >= 0.6 is 24.8 Å². The first-order valence-corrected chi connectivity index (χ1v) is 8.13. The second kappa shape index (κ2) is 9.36. The minimum Gasteiger partial charge on any atom is -0.398 e. The number of amides is 1. The van der Waals surface area contributed by atoms with Crippen molar-refractivity contribution in [1.82, 2.24) is 9.80 Å². The zero-order chi connectivity index (χ0) is 14.7. The van der Waals surface area contributed by atoms with Crippen molar-refractivity contribution >= 4 is 36.4 Å². The molecule has 2 fully saturated rings. The summed E-state index contributed by atoms with van der Waals surface area (Å²) in [4.78, 5) is 17.2. The maximum atomic E-state index is 12.6. The fraction of sp³-hybridized carbons (Fsp3) is 0.588. The van der Waals surface area contributed by atoms with Gasteiger partial charge in [0, 0.05) is 37.9 Å². The molecule has 2 N–H and O–H groups in total. The molecule has 1 aliphatic carbocycles. The summed E-state index contributed by atoms with van der Waals surface area (Å²) in [5, 5.41) is 0. The van der Waals surface area contributed by atoms with Gasteiger partial charge in [-0.1, -0.05) is 25.0 Å². The number of hydrogen-bond acceptors (Lipinski definition) is 3. The molecular weight excluding hydrogens is 333 g/mol. The third kappa shape index (κ3) is 4.75. The third-order valence-corrected chi connectivity index (χ3v) is 4.85. The number of nitrogens with two attached hydrogens (primary N) is 1. The van der Waals surface area contributed by atoms with Crippen LogP contribution in [0, 0.1) is 0 Å². The summed E-state index contributed by atoms with van der Waals surface area (Å²) in [7, 11) is 0. The zero-order valence-corrected chi connectivity index (χ0v) is 15.1. The van der Waals surface area contributed by atoms with Gasteiger partial charge < -0.3 is 10.6 Å². The van der Waals surface area contributed by atoms with Crippen molar-refractivity contribution < 1.29 is 4.79 Å². The Bertz CT molecular complexity index is 506. The lowest BCUT2D eigenvalue weighted by atomic mass is 10.1. The van der Waals surface area contributed by atoms with Crippen molar-refractivity contribution in [2.24, 2.45) is 0 Å². The Morgan fingerprint density at radius 1 is 0.957 bits per heavy atom. The monoisotopic (exact) mass is 359 g/mol. The highest BCUT2D eigenvalue weighted by Crippen LogP contribution is 2.24. The Balaban J connectivity index is 0.00000132. The van der Waals surface area contributed by atoms with Crippen LogP contribution in [-0.2, 0) is 0 Å². The summed E-state index contributed by atoms with van der Waals surface area (Å²) < 4.78 is 0. The predicted octanol–water partition coefficient (Wildman–Crippen LogP) is 3.20. The van der Waals surface area contributed by atoms with Crippen LogP contribution in [0.4, 0.5) is 5.69 Å². The highest BCUT2D eigenvalue weighted by molar-refractivity contribution is 5.99.